The molecule has 0 aliphatic heterocycles. The van der Waals surface area contributed by atoms with Gasteiger partial charge in [-0.3, -0.25) is 0 Å². The largest absolute Gasteiger partial charge is 0.0654 e. The van der Waals surface area contributed by atoms with Crippen molar-refractivity contribution in [3.63, 3.8) is 0 Å². The van der Waals surface area contributed by atoms with Gasteiger partial charge in [0.1, 0.15) is 0 Å². The van der Waals surface area contributed by atoms with E-state index in [2.05, 4.69) is 86.1 Å². The Morgan fingerprint density at radius 2 is 0.800 bits per heavy atom. The van der Waals surface area contributed by atoms with Crippen LogP contribution in [0.15, 0.2) is 72.8 Å². The topological polar surface area (TPSA) is 0 Å². The Morgan fingerprint density at radius 1 is 0.433 bits per heavy atom. The van der Waals surface area contributed by atoms with Gasteiger partial charge >= 0.3 is 0 Å². The molecule has 0 unspecified atom stereocenters. The molecular formula is C30H30. The second kappa shape index (κ2) is 11.7. The first-order chi connectivity index (χ1) is 14.8. The second-order valence-electron chi connectivity index (χ2n) is 7.68. The van der Waals surface area contributed by atoms with Crippen LogP contribution >= 0.6 is 0 Å². The average molecular weight is 391 g/mol. The molecule has 0 heteroatoms. The molecule has 0 bridgehead atoms. The van der Waals surface area contributed by atoms with Crippen LogP contribution in [0.3, 0.4) is 0 Å². The Labute approximate surface area is 182 Å². The van der Waals surface area contributed by atoms with Gasteiger partial charge in [-0.05, 0) is 78.9 Å². The van der Waals surface area contributed by atoms with Gasteiger partial charge in [-0.2, -0.15) is 0 Å². The van der Waals surface area contributed by atoms with Crippen LogP contribution in [0, 0.1) is 23.7 Å². The fraction of sp³-hybridized carbons (Fsp3) is 0.267. The molecule has 0 aromatic heterocycles. The first-order valence-corrected chi connectivity index (χ1v) is 11.1. The van der Waals surface area contributed by atoms with E-state index in [1.807, 2.05) is 24.3 Å². The van der Waals surface area contributed by atoms with E-state index in [1.54, 1.807) is 0 Å². The first kappa shape index (κ1) is 21.5. The predicted octanol–water partition coefficient (Wildman–Crippen LogP) is 7.17. The number of benzene rings is 3. The molecule has 0 saturated heterocycles. The first-order valence-electron chi connectivity index (χ1n) is 11.1. The van der Waals surface area contributed by atoms with E-state index in [1.165, 1.54) is 36.8 Å². The summed E-state index contributed by atoms with van der Waals surface area (Å²) in [5.41, 5.74) is 6.90. The highest BCUT2D eigenvalue weighted by Gasteiger charge is 1.94. The van der Waals surface area contributed by atoms with Gasteiger partial charge in [0.2, 0.25) is 0 Å². The Bertz CT molecular complexity index is 1030. The normalized spacial score (nSPS) is 9.93. The molecule has 3 rings (SSSR count). The van der Waals surface area contributed by atoms with Crippen molar-refractivity contribution in [2.24, 2.45) is 0 Å². The minimum atomic E-state index is 1.01. The lowest BCUT2D eigenvalue weighted by Gasteiger charge is -2.00. The van der Waals surface area contributed by atoms with Crippen molar-refractivity contribution in [1.29, 1.82) is 0 Å². The fourth-order valence-electron chi connectivity index (χ4n) is 3.30. The lowest BCUT2D eigenvalue weighted by atomic mass is 10.1. The maximum atomic E-state index is 3.26. The lowest BCUT2D eigenvalue weighted by molar-refractivity contribution is 0.717. The standard InChI is InChI=1S/C30H30/c1-3-5-6-8-26-11-15-28(16-12-26)18-20-30-23-21-29(22-24-30)19-17-27-13-9-25(7-4-2)10-14-27/h9-16,21-24H,3-8H2,1-2H3. The van der Waals surface area contributed by atoms with Crippen LogP contribution in [0.25, 0.3) is 0 Å². The van der Waals surface area contributed by atoms with Crippen molar-refractivity contribution in [3.8, 4) is 23.7 Å². The van der Waals surface area contributed by atoms with E-state index in [9.17, 15) is 0 Å². The van der Waals surface area contributed by atoms with Crippen molar-refractivity contribution in [2.75, 3.05) is 0 Å². The zero-order valence-electron chi connectivity index (χ0n) is 18.2. The maximum absolute atomic E-state index is 3.26. The molecule has 0 aliphatic carbocycles. The number of aryl methyl sites for hydroxylation is 2. The van der Waals surface area contributed by atoms with Gasteiger partial charge in [0.05, 0.1) is 0 Å². The van der Waals surface area contributed by atoms with Crippen molar-refractivity contribution in [1.82, 2.24) is 0 Å². The van der Waals surface area contributed by atoms with Gasteiger partial charge in [-0.25, -0.2) is 0 Å². The Balaban J connectivity index is 1.59. The van der Waals surface area contributed by atoms with E-state index < -0.39 is 0 Å². The summed E-state index contributed by atoms with van der Waals surface area (Å²) in [5, 5.41) is 0. The molecule has 0 radical (unpaired) electrons. The van der Waals surface area contributed by atoms with Crippen LogP contribution in [0.1, 0.15) is 72.9 Å². The van der Waals surface area contributed by atoms with Gasteiger partial charge < -0.3 is 0 Å². The predicted molar refractivity (Wildman–Crippen MR) is 129 cm³/mol. The van der Waals surface area contributed by atoms with Gasteiger partial charge in [0, 0.05) is 22.3 Å². The Morgan fingerprint density at radius 3 is 1.17 bits per heavy atom. The summed E-state index contributed by atoms with van der Waals surface area (Å²) in [6, 6.07) is 25.4. The molecule has 0 aliphatic rings. The summed E-state index contributed by atoms with van der Waals surface area (Å²) in [5.74, 6) is 13.0. The third kappa shape index (κ3) is 6.99. The van der Waals surface area contributed by atoms with Crippen LogP contribution in [0.5, 0.6) is 0 Å². The van der Waals surface area contributed by atoms with Gasteiger partial charge in [0.15, 0.2) is 0 Å². The number of unbranched alkanes of at least 4 members (excludes halogenated alkanes) is 2. The zero-order chi connectivity index (χ0) is 21.0. The lowest BCUT2D eigenvalue weighted by Crippen LogP contribution is -1.85. The SMILES string of the molecule is CCCCCc1ccc(C#Cc2ccc(C#Cc3ccc(CCC)cc3)cc2)cc1. The highest BCUT2D eigenvalue weighted by Crippen LogP contribution is 2.09. The fourth-order valence-corrected chi connectivity index (χ4v) is 3.30. The van der Waals surface area contributed by atoms with Crippen molar-refractivity contribution in [3.05, 3.63) is 106 Å². The third-order valence-electron chi connectivity index (χ3n) is 5.10. The zero-order valence-corrected chi connectivity index (χ0v) is 18.2. The van der Waals surface area contributed by atoms with Crippen LogP contribution in [0.2, 0.25) is 0 Å². The van der Waals surface area contributed by atoms with Gasteiger partial charge in [-0.1, -0.05) is 81.1 Å². The van der Waals surface area contributed by atoms with Crippen molar-refractivity contribution < 1.29 is 0 Å². The third-order valence-corrected chi connectivity index (χ3v) is 5.10. The highest BCUT2D eigenvalue weighted by molar-refractivity contribution is 5.48. The van der Waals surface area contributed by atoms with Crippen LogP contribution in [0.4, 0.5) is 0 Å². The Hall–Kier alpha value is -3.22. The molecule has 0 atom stereocenters. The van der Waals surface area contributed by atoms with E-state index >= 15 is 0 Å². The minimum absolute atomic E-state index is 1.01. The summed E-state index contributed by atoms with van der Waals surface area (Å²) < 4.78 is 0. The molecule has 150 valence electrons. The Kier molecular flexibility index (Phi) is 8.38. The molecule has 3 aromatic rings. The van der Waals surface area contributed by atoms with Gasteiger partial charge in [0.25, 0.3) is 0 Å². The molecule has 0 heterocycles. The second-order valence-corrected chi connectivity index (χ2v) is 7.68. The van der Waals surface area contributed by atoms with Crippen molar-refractivity contribution >= 4 is 0 Å². The van der Waals surface area contributed by atoms with E-state index in [0.29, 0.717) is 0 Å². The molecule has 0 amide bonds. The molecule has 3 aromatic carbocycles. The van der Waals surface area contributed by atoms with E-state index in [0.717, 1.165) is 35.1 Å². The summed E-state index contributed by atoms with van der Waals surface area (Å²) >= 11 is 0. The smallest absolute Gasteiger partial charge is 0.0249 e. The van der Waals surface area contributed by atoms with Crippen LogP contribution in [-0.4, -0.2) is 0 Å². The number of rotatable bonds is 6. The highest BCUT2D eigenvalue weighted by atomic mass is 14.0. The van der Waals surface area contributed by atoms with Gasteiger partial charge in [-0.15, -0.1) is 0 Å². The average Bonchev–Trinajstić information content (AvgIpc) is 2.79. The number of hydrogen-bond acceptors (Lipinski definition) is 0. The van der Waals surface area contributed by atoms with E-state index in [4.69, 9.17) is 0 Å². The quantitative estimate of drug-likeness (QED) is 0.309. The van der Waals surface area contributed by atoms with Crippen LogP contribution in [-0.2, 0) is 12.8 Å². The molecule has 0 nitrogen and oxygen atoms in total. The summed E-state index contributed by atoms with van der Waals surface area (Å²) in [7, 11) is 0. The summed E-state index contributed by atoms with van der Waals surface area (Å²) in [4.78, 5) is 0. The molecule has 0 N–H and O–H groups in total. The minimum Gasteiger partial charge on any atom is -0.0654 e. The monoisotopic (exact) mass is 390 g/mol. The molecular weight excluding hydrogens is 360 g/mol. The van der Waals surface area contributed by atoms with Crippen LogP contribution < -0.4 is 0 Å². The van der Waals surface area contributed by atoms with Crippen molar-refractivity contribution in [2.45, 2.75) is 52.4 Å². The molecule has 30 heavy (non-hydrogen) atoms. The molecule has 0 spiro atoms. The maximum Gasteiger partial charge on any atom is 0.0249 e. The number of hydrogen-bond donors (Lipinski definition) is 0. The summed E-state index contributed by atoms with van der Waals surface area (Å²) in [6.07, 6.45) is 7.28. The molecule has 0 fully saturated rings. The van der Waals surface area contributed by atoms with E-state index in [-0.39, 0.29) is 0 Å². The summed E-state index contributed by atoms with van der Waals surface area (Å²) in [6.45, 7) is 4.44. The molecule has 0 saturated carbocycles.